The first-order valence-corrected chi connectivity index (χ1v) is 4.98. The van der Waals surface area contributed by atoms with Crippen molar-refractivity contribution in [3.63, 3.8) is 0 Å². The van der Waals surface area contributed by atoms with Crippen molar-refractivity contribution in [3.8, 4) is 17.3 Å². The van der Waals surface area contributed by atoms with Crippen molar-refractivity contribution >= 4 is 0 Å². The molecule has 17 heavy (non-hydrogen) atoms. The van der Waals surface area contributed by atoms with Crippen molar-refractivity contribution in [1.29, 1.82) is 5.26 Å². The van der Waals surface area contributed by atoms with Gasteiger partial charge in [-0.05, 0) is 29.8 Å². The highest BCUT2D eigenvalue weighted by Crippen LogP contribution is 2.20. The van der Waals surface area contributed by atoms with E-state index in [0.29, 0.717) is 16.8 Å². The van der Waals surface area contributed by atoms with Crippen LogP contribution in [0.3, 0.4) is 0 Å². The van der Waals surface area contributed by atoms with Crippen LogP contribution < -0.4 is 0 Å². The summed E-state index contributed by atoms with van der Waals surface area (Å²) in [5.41, 5.74) is 1.35. The van der Waals surface area contributed by atoms with Gasteiger partial charge in [-0.2, -0.15) is 9.65 Å². The molecule has 2 aromatic rings. The summed E-state index contributed by atoms with van der Waals surface area (Å²) in [7, 11) is 0. The summed E-state index contributed by atoms with van der Waals surface area (Å²) in [5, 5.41) is 8.56. The maximum atomic E-state index is 13.2. The van der Waals surface area contributed by atoms with Crippen molar-refractivity contribution in [1.82, 2.24) is 4.98 Å². The van der Waals surface area contributed by atoms with Gasteiger partial charge in [0.2, 0.25) is 5.95 Å². The van der Waals surface area contributed by atoms with Crippen molar-refractivity contribution in [3.05, 3.63) is 53.7 Å². The van der Waals surface area contributed by atoms with E-state index in [1.165, 1.54) is 24.3 Å². The van der Waals surface area contributed by atoms with Crippen LogP contribution >= 0.6 is 0 Å². The summed E-state index contributed by atoms with van der Waals surface area (Å²) in [6, 6.07) is 10.5. The summed E-state index contributed by atoms with van der Waals surface area (Å²) >= 11 is 0. The van der Waals surface area contributed by atoms with Gasteiger partial charge in [0.05, 0.1) is 18.2 Å². The van der Waals surface area contributed by atoms with E-state index in [2.05, 4.69) is 4.98 Å². The van der Waals surface area contributed by atoms with Gasteiger partial charge in [-0.1, -0.05) is 12.1 Å². The van der Waals surface area contributed by atoms with Crippen LogP contribution in [0.1, 0.15) is 5.56 Å². The molecular weight excluding hydrogens is 222 g/mol. The third kappa shape index (κ3) is 2.64. The van der Waals surface area contributed by atoms with Gasteiger partial charge in [0.1, 0.15) is 5.82 Å². The van der Waals surface area contributed by atoms with E-state index in [1.807, 2.05) is 6.07 Å². The second-order valence-corrected chi connectivity index (χ2v) is 3.53. The molecule has 0 aliphatic carbocycles. The molecule has 1 aromatic heterocycles. The largest absolute Gasteiger partial charge is 0.220 e. The number of hydrogen-bond donors (Lipinski definition) is 0. The predicted octanol–water partition coefficient (Wildman–Crippen LogP) is 3.09. The molecule has 0 radical (unpaired) electrons. The number of hydrogen-bond acceptors (Lipinski definition) is 2. The number of halogens is 2. The Hall–Kier alpha value is -2.28. The van der Waals surface area contributed by atoms with Gasteiger partial charge in [-0.3, -0.25) is 0 Å². The number of pyridine rings is 1. The van der Waals surface area contributed by atoms with E-state index < -0.39 is 11.8 Å². The molecule has 0 aliphatic heterocycles. The molecule has 0 spiro atoms. The second-order valence-electron chi connectivity index (χ2n) is 3.53. The quantitative estimate of drug-likeness (QED) is 0.743. The minimum atomic E-state index is -0.669. The van der Waals surface area contributed by atoms with E-state index in [4.69, 9.17) is 5.26 Å². The number of nitrogens with zero attached hydrogens (tertiary/aromatic N) is 2. The van der Waals surface area contributed by atoms with Gasteiger partial charge < -0.3 is 0 Å². The Labute approximate surface area is 97.2 Å². The summed E-state index contributed by atoms with van der Waals surface area (Å²) < 4.78 is 26.3. The zero-order chi connectivity index (χ0) is 12.3. The Kier molecular flexibility index (Phi) is 3.10. The molecule has 84 valence electrons. The Bertz CT molecular complexity index is 588. The van der Waals surface area contributed by atoms with Crippen molar-refractivity contribution in [2.75, 3.05) is 0 Å². The van der Waals surface area contributed by atoms with Crippen LogP contribution in [0.5, 0.6) is 0 Å². The summed E-state index contributed by atoms with van der Waals surface area (Å²) in [5.74, 6) is -1.08. The Morgan fingerprint density at radius 3 is 2.71 bits per heavy atom. The predicted molar refractivity (Wildman–Crippen MR) is 58.9 cm³/mol. The maximum Gasteiger partial charge on any atom is 0.213 e. The SMILES string of the molecule is N#CCc1cc(F)nc(-c2cccc(F)c2)c1. The minimum absolute atomic E-state index is 0.0990. The standard InChI is InChI=1S/C13H8F2N2/c14-11-3-1-2-10(8-11)12-6-9(4-5-16)7-13(15)17-12/h1-3,6-8H,4H2. The first-order valence-electron chi connectivity index (χ1n) is 4.98. The van der Waals surface area contributed by atoms with Gasteiger partial charge in [0, 0.05) is 5.56 Å². The Balaban J connectivity index is 2.49. The van der Waals surface area contributed by atoms with Crippen LogP contribution in [0.2, 0.25) is 0 Å². The highest BCUT2D eigenvalue weighted by atomic mass is 19.1. The molecule has 2 rings (SSSR count). The lowest BCUT2D eigenvalue weighted by molar-refractivity contribution is 0.583. The maximum absolute atomic E-state index is 13.2. The third-order valence-electron chi connectivity index (χ3n) is 2.26. The monoisotopic (exact) mass is 230 g/mol. The van der Waals surface area contributed by atoms with Crippen LogP contribution in [0.15, 0.2) is 36.4 Å². The number of nitriles is 1. The van der Waals surface area contributed by atoms with E-state index >= 15 is 0 Å². The topological polar surface area (TPSA) is 36.7 Å². The molecule has 0 unspecified atom stereocenters. The smallest absolute Gasteiger partial charge is 0.213 e. The fraction of sp³-hybridized carbons (Fsp3) is 0.0769. The zero-order valence-electron chi connectivity index (χ0n) is 8.82. The molecule has 2 nitrogen and oxygen atoms in total. The molecule has 0 saturated heterocycles. The number of benzene rings is 1. The normalized spacial score (nSPS) is 9.94. The van der Waals surface area contributed by atoms with E-state index in [-0.39, 0.29) is 6.42 Å². The number of aromatic nitrogens is 1. The van der Waals surface area contributed by atoms with Crippen LogP contribution in [0, 0.1) is 23.1 Å². The lowest BCUT2D eigenvalue weighted by atomic mass is 10.1. The molecule has 0 bridgehead atoms. The molecule has 0 fully saturated rings. The fourth-order valence-corrected chi connectivity index (χ4v) is 1.54. The highest BCUT2D eigenvalue weighted by molar-refractivity contribution is 5.59. The average molecular weight is 230 g/mol. The molecule has 0 N–H and O–H groups in total. The van der Waals surface area contributed by atoms with Gasteiger partial charge >= 0.3 is 0 Å². The van der Waals surface area contributed by atoms with Crippen molar-refractivity contribution in [2.24, 2.45) is 0 Å². The molecule has 0 saturated carbocycles. The first-order chi connectivity index (χ1) is 8.19. The first kappa shape index (κ1) is 11.2. The van der Waals surface area contributed by atoms with E-state index in [9.17, 15) is 8.78 Å². The molecule has 0 amide bonds. The lowest BCUT2D eigenvalue weighted by Crippen LogP contribution is -1.93. The Morgan fingerprint density at radius 2 is 2.00 bits per heavy atom. The molecule has 0 atom stereocenters. The third-order valence-corrected chi connectivity index (χ3v) is 2.26. The molecule has 1 heterocycles. The fourth-order valence-electron chi connectivity index (χ4n) is 1.54. The second kappa shape index (κ2) is 4.71. The minimum Gasteiger partial charge on any atom is -0.220 e. The molecule has 1 aromatic carbocycles. The molecule has 0 aliphatic rings. The van der Waals surface area contributed by atoms with Crippen LogP contribution in [-0.4, -0.2) is 4.98 Å². The lowest BCUT2D eigenvalue weighted by Gasteiger charge is -2.03. The summed E-state index contributed by atoms with van der Waals surface area (Å²) in [6.45, 7) is 0. The Morgan fingerprint density at radius 1 is 1.18 bits per heavy atom. The van der Waals surface area contributed by atoms with Crippen LogP contribution in [0.25, 0.3) is 11.3 Å². The van der Waals surface area contributed by atoms with Gasteiger partial charge in [-0.25, -0.2) is 9.37 Å². The average Bonchev–Trinajstić information content (AvgIpc) is 2.28. The van der Waals surface area contributed by atoms with E-state index in [1.54, 1.807) is 12.1 Å². The number of rotatable bonds is 2. The zero-order valence-corrected chi connectivity index (χ0v) is 8.82. The van der Waals surface area contributed by atoms with Crippen LogP contribution in [-0.2, 0) is 6.42 Å². The summed E-state index contributed by atoms with van der Waals surface area (Å²) in [4.78, 5) is 3.68. The van der Waals surface area contributed by atoms with Crippen molar-refractivity contribution in [2.45, 2.75) is 6.42 Å². The highest BCUT2D eigenvalue weighted by Gasteiger charge is 2.05. The van der Waals surface area contributed by atoms with Crippen molar-refractivity contribution < 1.29 is 8.78 Å². The van der Waals surface area contributed by atoms with Gasteiger partial charge in [0.15, 0.2) is 0 Å². The van der Waals surface area contributed by atoms with Crippen LogP contribution in [0.4, 0.5) is 8.78 Å². The molecular formula is C13H8F2N2. The van der Waals surface area contributed by atoms with E-state index in [0.717, 1.165) is 0 Å². The summed E-state index contributed by atoms with van der Waals surface area (Å²) in [6.07, 6.45) is 0.0990. The van der Waals surface area contributed by atoms with Gasteiger partial charge in [0.25, 0.3) is 0 Å². The molecule has 4 heteroatoms. The van der Waals surface area contributed by atoms with Gasteiger partial charge in [-0.15, -0.1) is 0 Å².